The van der Waals surface area contributed by atoms with Crippen LogP contribution < -0.4 is 10.2 Å². The minimum absolute atomic E-state index is 0.00184. The van der Waals surface area contributed by atoms with Gasteiger partial charge in [0.05, 0.1) is 11.7 Å². The summed E-state index contributed by atoms with van der Waals surface area (Å²) in [5.74, 6) is 1.05. The van der Waals surface area contributed by atoms with E-state index in [-0.39, 0.29) is 29.2 Å². The Bertz CT molecular complexity index is 1230. The molecule has 2 saturated carbocycles. The molecule has 0 saturated heterocycles. The fourth-order valence-electron chi connectivity index (χ4n) is 4.59. The molecule has 0 atom stereocenters. The molecule has 0 bridgehead atoms. The molecule has 0 unspecified atom stereocenters. The van der Waals surface area contributed by atoms with Crippen molar-refractivity contribution in [2.24, 2.45) is 11.8 Å². The van der Waals surface area contributed by atoms with Gasteiger partial charge in [-0.15, -0.1) is 0 Å². The first-order valence-electron chi connectivity index (χ1n) is 12.2. The summed E-state index contributed by atoms with van der Waals surface area (Å²) < 4.78 is 34.3. The van der Waals surface area contributed by atoms with Crippen LogP contribution in [0.1, 0.15) is 67.2 Å². The Kier molecular flexibility index (Phi) is 6.80. The van der Waals surface area contributed by atoms with Crippen LogP contribution >= 0.6 is 0 Å². The monoisotopic (exact) mass is 498 g/mol. The number of carbonyl (C=O) groups is 2. The van der Waals surface area contributed by atoms with Crippen molar-refractivity contribution in [2.75, 3.05) is 23.8 Å². The molecule has 3 aromatic rings. The van der Waals surface area contributed by atoms with Gasteiger partial charge >= 0.3 is 0 Å². The van der Waals surface area contributed by atoms with Gasteiger partial charge in [-0.2, -0.15) is 5.10 Å². The SMILES string of the molecule is CN(CC1CC1)c1cc(-c2nc(C(=O)Nc3cn([C@H]4CC[C@H](C=O)CC4)nc3C(F)F)co2)ccn1. The number of alkyl halides is 2. The van der Waals surface area contributed by atoms with E-state index < -0.39 is 18.0 Å². The topological polar surface area (TPSA) is 106 Å². The number of pyridine rings is 1. The van der Waals surface area contributed by atoms with Crippen molar-refractivity contribution in [1.82, 2.24) is 19.7 Å². The molecule has 2 aliphatic carbocycles. The highest BCUT2D eigenvalue weighted by atomic mass is 19.3. The molecular weight excluding hydrogens is 470 g/mol. The maximum atomic E-state index is 13.7. The van der Waals surface area contributed by atoms with Crippen molar-refractivity contribution in [3.05, 3.63) is 42.2 Å². The second-order valence-electron chi connectivity index (χ2n) is 9.63. The van der Waals surface area contributed by atoms with Crippen LogP contribution in [-0.4, -0.2) is 45.5 Å². The largest absolute Gasteiger partial charge is 0.444 e. The number of aromatic nitrogens is 4. The quantitative estimate of drug-likeness (QED) is 0.418. The molecule has 1 amide bonds. The van der Waals surface area contributed by atoms with E-state index in [0.717, 1.165) is 18.6 Å². The van der Waals surface area contributed by atoms with Crippen molar-refractivity contribution in [3.8, 4) is 11.5 Å². The molecule has 1 N–H and O–H groups in total. The van der Waals surface area contributed by atoms with Gasteiger partial charge in [-0.05, 0) is 56.6 Å². The van der Waals surface area contributed by atoms with E-state index in [0.29, 0.717) is 37.2 Å². The van der Waals surface area contributed by atoms with E-state index in [9.17, 15) is 18.4 Å². The summed E-state index contributed by atoms with van der Waals surface area (Å²) in [6.07, 6.45) is 7.54. The molecule has 11 heteroatoms. The number of nitrogens with one attached hydrogen (secondary N) is 1. The van der Waals surface area contributed by atoms with Crippen LogP contribution in [0.2, 0.25) is 0 Å². The summed E-state index contributed by atoms with van der Waals surface area (Å²) in [5, 5.41) is 6.55. The van der Waals surface area contributed by atoms with Gasteiger partial charge in [0.15, 0.2) is 11.4 Å². The zero-order valence-electron chi connectivity index (χ0n) is 19.9. The lowest BCUT2D eigenvalue weighted by Crippen LogP contribution is -2.20. The number of oxazole rings is 1. The van der Waals surface area contributed by atoms with Crippen molar-refractivity contribution >= 4 is 23.7 Å². The molecule has 36 heavy (non-hydrogen) atoms. The highest BCUT2D eigenvalue weighted by Gasteiger charge is 2.27. The third-order valence-corrected chi connectivity index (χ3v) is 6.87. The maximum absolute atomic E-state index is 13.7. The van der Waals surface area contributed by atoms with Gasteiger partial charge in [0.2, 0.25) is 5.89 Å². The standard InChI is InChI=1S/C25H28F2N6O3/c1-32(11-15-2-3-15)21-10-17(8-9-28-21)25-30-20(14-36-25)24(35)29-19-12-33(31-22(19)23(26)27)18-6-4-16(13-34)5-7-18/h8-10,12-16,18,23H,2-7,11H2,1H3,(H,29,35)/t16-,18-. The number of hydrogen-bond acceptors (Lipinski definition) is 7. The number of rotatable bonds is 9. The second-order valence-corrected chi connectivity index (χ2v) is 9.63. The van der Waals surface area contributed by atoms with Crippen molar-refractivity contribution in [2.45, 2.75) is 51.0 Å². The van der Waals surface area contributed by atoms with Gasteiger partial charge in [0.1, 0.15) is 18.4 Å². The smallest absolute Gasteiger partial charge is 0.284 e. The number of nitrogens with zero attached hydrogens (tertiary/aromatic N) is 5. The average Bonchev–Trinajstić information content (AvgIpc) is 3.39. The Morgan fingerprint density at radius 1 is 1.28 bits per heavy atom. The molecule has 0 aliphatic heterocycles. The highest BCUT2D eigenvalue weighted by molar-refractivity contribution is 6.03. The van der Waals surface area contributed by atoms with Gasteiger partial charge < -0.3 is 19.4 Å². The molecule has 2 fully saturated rings. The van der Waals surface area contributed by atoms with E-state index in [2.05, 4.69) is 25.3 Å². The number of amides is 1. The number of carbonyl (C=O) groups excluding carboxylic acids is 2. The summed E-state index contributed by atoms with van der Waals surface area (Å²) in [7, 11) is 1.98. The third-order valence-electron chi connectivity index (χ3n) is 6.87. The van der Waals surface area contributed by atoms with Crippen LogP contribution in [0, 0.1) is 11.8 Å². The molecule has 2 aliphatic rings. The highest BCUT2D eigenvalue weighted by Crippen LogP contribution is 2.34. The molecule has 0 spiro atoms. The lowest BCUT2D eigenvalue weighted by Gasteiger charge is -2.25. The number of anilines is 2. The first kappa shape index (κ1) is 24.1. The fraction of sp³-hybridized carbons (Fsp3) is 0.480. The summed E-state index contributed by atoms with van der Waals surface area (Å²) in [6.45, 7) is 0.925. The fourth-order valence-corrected chi connectivity index (χ4v) is 4.59. The summed E-state index contributed by atoms with van der Waals surface area (Å²) in [5.41, 5.74) is 0.0647. The van der Waals surface area contributed by atoms with E-state index in [1.807, 2.05) is 13.1 Å². The zero-order chi connectivity index (χ0) is 25.2. The predicted molar refractivity (Wildman–Crippen MR) is 128 cm³/mol. The van der Waals surface area contributed by atoms with E-state index in [4.69, 9.17) is 4.42 Å². The molecule has 190 valence electrons. The lowest BCUT2D eigenvalue weighted by molar-refractivity contribution is -0.112. The van der Waals surface area contributed by atoms with Gasteiger partial charge in [0, 0.05) is 37.5 Å². The first-order valence-corrected chi connectivity index (χ1v) is 12.2. The summed E-state index contributed by atoms with van der Waals surface area (Å²) >= 11 is 0. The van der Waals surface area contributed by atoms with E-state index in [1.54, 1.807) is 12.3 Å². The van der Waals surface area contributed by atoms with Gasteiger partial charge in [0.25, 0.3) is 12.3 Å². The van der Waals surface area contributed by atoms with Gasteiger partial charge in [-0.25, -0.2) is 18.7 Å². The normalized spacial score (nSPS) is 19.9. The molecule has 0 radical (unpaired) electrons. The van der Waals surface area contributed by atoms with Crippen LogP contribution in [0.4, 0.5) is 20.3 Å². The molecule has 5 rings (SSSR count). The first-order chi connectivity index (χ1) is 17.4. The van der Waals surface area contributed by atoms with Crippen LogP contribution in [0.3, 0.4) is 0 Å². The lowest BCUT2D eigenvalue weighted by atomic mass is 9.87. The summed E-state index contributed by atoms with van der Waals surface area (Å²) in [4.78, 5) is 34.6. The summed E-state index contributed by atoms with van der Waals surface area (Å²) in [6, 6.07) is 3.48. The van der Waals surface area contributed by atoms with Crippen molar-refractivity contribution < 1.29 is 22.8 Å². The Morgan fingerprint density at radius 3 is 2.75 bits per heavy atom. The van der Waals surface area contributed by atoms with Gasteiger partial charge in [-0.3, -0.25) is 9.48 Å². The molecule has 9 nitrogen and oxygen atoms in total. The molecule has 3 heterocycles. The van der Waals surface area contributed by atoms with Crippen LogP contribution in [0.15, 0.2) is 35.2 Å². The zero-order valence-corrected chi connectivity index (χ0v) is 19.9. The molecular formula is C25H28F2N6O3. The van der Waals surface area contributed by atoms with E-state index >= 15 is 0 Å². The number of hydrogen-bond donors (Lipinski definition) is 1. The molecule has 3 aromatic heterocycles. The Labute approximate surface area is 206 Å². The van der Waals surface area contributed by atoms with Gasteiger partial charge in [-0.1, -0.05) is 0 Å². The van der Waals surface area contributed by atoms with Crippen molar-refractivity contribution in [1.29, 1.82) is 0 Å². The second kappa shape index (κ2) is 10.2. The predicted octanol–water partition coefficient (Wildman–Crippen LogP) is 4.90. The minimum Gasteiger partial charge on any atom is -0.444 e. The van der Waals surface area contributed by atoms with Crippen molar-refractivity contribution in [3.63, 3.8) is 0 Å². The van der Waals surface area contributed by atoms with Crippen LogP contribution in [-0.2, 0) is 4.79 Å². The van der Waals surface area contributed by atoms with E-state index in [1.165, 1.54) is 30.0 Å². The van der Waals surface area contributed by atoms with Crippen LogP contribution in [0.25, 0.3) is 11.5 Å². The minimum atomic E-state index is -2.86. The Hall–Kier alpha value is -3.63. The molecule has 0 aromatic carbocycles. The Morgan fingerprint density at radius 2 is 2.06 bits per heavy atom. The maximum Gasteiger partial charge on any atom is 0.284 e. The van der Waals surface area contributed by atoms with Crippen LogP contribution in [0.5, 0.6) is 0 Å². The average molecular weight is 499 g/mol. The number of aldehydes is 1. The number of halogens is 2. The third kappa shape index (κ3) is 5.29. The Balaban J connectivity index is 1.29.